The third kappa shape index (κ3) is 3.74. The predicted octanol–water partition coefficient (Wildman–Crippen LogP) is 3.53. The summed E-state index contributed by atoms with van der Waals surface area (Å²) < 4.78 is 68.3. The third-order valence-electron chi connectivity index (χ3n) is 5.21. The Morgan fingerprint density at radius 3 is 2.77 bits per heavy atom. The number of H-pyrrole nitrogens is 1. The van der Waals surface area contributed by atoms with Crippen molar-refractivity contribution in [3.05, 3.63) is 52.7 Å². The number of nitrogen functional groups attached to an aromatic ring is 1. The minimum atomic E-state index is -4.68. The summed E-state index contributed by atoms with van der Waals surface area (Å²) in [6.07, 6.45) is -3.78. The van der Waals surface area contributed by atoms with E-state index in [0.717, 1.165) is 11.6 Å². The van der Waals surface area contributed by atoms with Gasteiger partial charge in [-0.2, -0.15) is 22.6 Å². The molecule has 3 N–H and O–H groups in total. The van der Waals surface area contributed by atoms with Crippen molar-refractivity contribution in [2.45, 2.75) is 37.7 Å². The fourth-order valence-electron chi connectivity index (χ4n) is 3.92. The van der Waals surface area contributed by atoms with Gasteiger partial charge >= 0.3 is 6.18 Å². The second-order valence-electron chi connectivity index (χ2n) is 7.44. The topological polar surface area (TPSA) is 105 Å². The Labute approximate surface area is 171 Å². The van der Waals surface area contributed by atoms with Gasteiger partial charge in [0.05, 0.1) is 28.4 Å². The van der Waals surface area contributed by atoms with E-state index in [1.165, 1.54) is 4.31 Å². The standard InChI is InChI=1S/C19H20F3N5O2S/c1-11-4-2-5-12(8-11)10-30(28,29)27-7-3-6-15(27)14-9-13(19(20,21)22)16-17(23)25-26-18(16)24-14/h2,4-5,8-9,15H,3,6-7,10H2,1H3,(H3,23,24,25,26). The minimum absolute atomic E-state index is 0.0200. The number of halogens is 3. The van der Waals surface area contributed by atoms with Crippen molar-refractivity contribution < 1.29 is 21.6 Å². The van der Waals surface area contributed by atoms with Crippen LogP contribution >= 0.6 is 0 Å². The summed E-state index contributed by atoms with van der Waals surface area (Å²) in [6, 6.07) is 7.23. The fraction of sp³-hybridized carbons (Fsp3) is 0.368. The summed E-state index contributed by atoms with van der Waals surface area (Å²) >= 11 is 0. The Morgan fingerprint density at radius 2 is 2.07 bits per heavy atom. The lowest BCUT2D eigenvalue weighted by Crippen LogP contribution is -2.32. The van der Waals surface area contributed by atoms with Gasteiger partial charge in [-0.15, -0.1) is 0 Å². The third-order valence-corrected chi connectivity index (χ3v) is 7.06. The van der Waals surface area contributed by atoms with Crippen LogP contribution in [0.1, 0.15) is 41.3 Å². The SMILES string of the molecule is Cc1cccc(CS(=O)(=O)N2CCCC2c2cc(C(F)(F)F)c3c(N)[nH]nc3n2)c1. The van der Waals surface area contributed by atoms with E-state index in [1.54, 1.807) is 18.2 Å². The molecule has 4 rings (SSSR count). The number of alkyl halides is 3. The summed E-state index contributed by atoms with van der Waals surface area (Å²) in [5.74, 6) is -0.457. The molecule has 0 amide bonds. The number of pyridine rings is 1. The molecule has 0 saturated carbocycles. The van der Waals surface area contributed by atoms with Crippen molar-refractivity contribution in [2.75, 3.05) is 12.3 Å². The lowest BCUT2D eigenvalue weighted by molar-refractivity contribution is -0.136. The lowest BCUT2D eigenvalue weighted by Gasteiger charge is -2.24. The quantitative estimate of drug-likeness (QED) is 0.647. The number of hydrogen-bond acceptors (Lipinski definition) is 5. The molecule has 1 aliphatic rings. The van der Waals surface area contributed by atoms with Crippen LogP contribution in [-0.4, -0.2) is 34.4 Å². The second kappa shape index (κ2) is 7.24. The van der Waals surface area contributed by atoms with Crippen LogP contribution < -0.4 is 5.73 Å². The highest BCUT2D eigenvalue weighted by molar-refractivity contribution is 7.88. The largest absolute Gasteiger partial charge is 0.417 e. The van der Waals surface area contributed by atoms with Gasteiger partial charge in [0, 0.05) is 6.54 Å². The second-order valence-corrected chi connectivity index (χ2v) is 9.36. The van der Waals surface area contributed by atoms with Crippen molar-refractivity contribution >= 4 is 26.9 Å². The first-order valence-corrected chi connectivity index (χ1v) is 10.9. The van der Waals surface area contributed by atoms with E-state index in [0.29, 0.717) is 18.4 Å². The van der Waals surface area contributed by atoms with Crippen molar-refractivity contribution in [2.24, 2.45) is 0 Å². The average molecular weight is 439 g/mol. The zero-order chi connectivity index (χ0) is 21.7. The van der Waals surface area contributed by atoms with Gasteiger partial charge in [0.25, 0.3) is 0 Å². The number of fused-ring (bicyclic) bond motifs is 1. The molecule has 2 aromatic heterocycles. The number of nitrogens with zero attached hydrogens (tertiary/aromatic N) is 3. The highest BCUT2D eigenvalue weighted by Gasteiger charge is 2.40. The fourth-order valence-corrected chi connectivity index (χ4v) is 5.70. The molecule has 1 aromatic carbocycles. The molecule has 0 spiro atoms. The van der Waals surface area contributed by atoms with Crippen LogP contribution in [0.25, 0.3) is 11.0 Å². The number of nitrogens with one attached hydrogen (secondary N) is 1. The predicted molar refractivity (Wildman–Crippen MR) is 106 cm³/mol. The van der Waals surface area contributed by atoms with Crippen molar-refractivity contribution in [1.29, 1.82) is 0 Å². The highest BCUT2D eigenvalue weighted by atomic mass is 32.2. The molecule has 3 heterocycles. The maximum Gasteiger partial charge on any atom is 0.417 e. The molecule has 1 aliphatic heterocycles. The number of aryl methyl sites for hydroxylation is 1. The monoisotopic (exact) mass is 439 g/mol. The number of hydrogen-bond donors (Lipinski definition) is 2. The summed E-state index contributed by atoms with van der Waals surface area (Å²) in [7, 11) is -3.76. The highest BCUT2D eigenvalue weighted by Crippen LogP contribution is 2.41. The van der Waals surface area contributed by atoms with Gasteiger partial charge in [0.2, 0.25) is 10.0 Å². The molecule has 3 aromatic rings. The van der Waals surface area contributed by atoms with Crippen LogP contribution in [0.2, 0.25) is 0 Å². The van der Waals surface area contributed by atoms with Crippen LogP contribution in [0, 0.1) is 6.92 Å². The zero-order valence-corrected chi connectivity index (χ0v) is 16.9. The van der Waals surface area contributed by atoms with Gasteiger partial charge in [-0.05, 0) is 31.4 Å². The Hall–Kier alpha value is -2.66. The van der Waals surface area contributed by atoms with E-state index in [2.05, 4.69) is 15.2 Å². The Morgan fingerprint density at radius 1 is 1.30 bits per heavy atom. The van der Waals surface area contributed by atoms with Crippen LogP contribution in [0.4, 0.5) is 19.0 Å². The van der Waals surface area contributed by atoms with Crippen LogP contribution in [0.5, 0.6) is 0 Å². The summed E-state index contributed by atoms with van der Waals surface area (Å²) in [5, 5.41) is 5.77. The van der Waals surface area contributed by atoms with Gasteiger partial charge < -0.3 is 5.73 Å². The average Bonchev–Trinajstić information content (AvgIpc) is 3.28. The van der Waals surface area contributed by atoms with Crippen molar-refractivity contribution in [3.63, 3.8) is 0 Å². The molecule has 7 nitrogen and oxygen atoms in total. The van der Waals surface area contributed by atoms with Gasteiger partial charge in [-0.1, -0.05) is 29.8 Å². The number of aromatic nitrogens is 3. The van der Waals surface area contributed by atoms with Crippen molar-refractivity contribution in [3.8, 4) is 0 Å². The molecule has 1 unspecified atom stereocenters. The van der Waals surface area contributed by atoms with Crippen molar-refractivity contribution in [1.82, 2.24) is 19.5 Å². The van der Waals surface area contributed by atoms with Gasteiger partial charge in [0.1, 0.15) is 5.82 Å². The molecule has 1 saturated heterocycles. The molecule has 11 heteroatoms. The summed E-state index contributed by atoms with van der Waals surface area (Å²) in [5.41, 5.74) is 6.03. The minimum Gasteiger partial charge on any atom is -0.383 e. The molecule has 0 bridgehead atoms. The smallest absolute Gasteiger partial charge is 0.383 e. The van der Waals surface area contributed by atoms with Crippen LogP contribution in [-0.2, 0) is 22.0 Å². The first-order chi connectivity index (χ1) is 14.1. The molecule has 0 aliphatic carbocycles. The van der Waals surface area contributed by atoms with E-state index < -0.39 is 27.8 Å². The van der Waals surface area contributed by atoms with E-state index in [-0.39, 0.29) is 34.8 Å². The number of sulfonamides is 1. The summed E-state index contributed by atoms with van der Waals surface area (Å²) in [4.78, 5) is 4.21. The Bertz CT molecular complexity index is 1210. The van der Waals surface area contributed by atoms with Crippen LogP contribution in [0.15, 0.2) is 30.3 Å². The first-order valence-electron chi connectivity index (χ1n) is 9.33. The zero-order valence-electron chi connectivity index (χ0n) is 16.1. The normalized spacial score (nSPS) is 18.3. The van der Waals surface area contributed by atoms with E-state index in [4.69, 9.17) is 5.73 Å². The number of rotatable bonds is 4. The summed E-state index contributed by atoms with van der Waals surface area (Å²) in [6.45, 7) is 2.09. The molecule has 1 fully saturated rings. The number of benzene rings is 1. The maximum absolute atomic E-state index is 13.6. The van der Waals surface area contributed by atoms with E-state index >= 15 is 0 Å². The first kappa shape index (κ1) is 20.6. The Balaban J connectivity index is 1.74. The van der Waals surface area contributed by atoms with E-state index in [1.807, 2.05) is 13.0 Å². The molecule has 0 radical (unpaired) electrons. The van der Waals surface area contributed by atoms with E-state index in [9.17, 15) is 21.6 Å². The molecule has 30 heavy (non-hydrogen) atoms. The molecular weight excluding hydrogens is 419 g/mol. The maximum atomic E-state index is 13.6. The van der Waals surface area contributed by atoms with Crippen LogP contribution in [0.3, 0.4) is 0 Å². The molecule has 160 valence electrons. The van der Waals surface area contributed by atoms with Gasteiger partial charge in [-0.3, -0.25) is 5.10 Å². The lowest BCUT2D eigenvalue weighted by atomic mass is 10.1. The number of anilines is 1. The number of nitrogens with two attached hydrogens (primary N) is 1. The molecular formula is C19H20F3N5O2S. The van der Waals surface area contributed by atoms with Gasteiger partial charge in [0.15, 0.2) is 5.65 Å². The van der Waals surface area contributed by atoms with Gasteiger partial charge in [-0.25, -0.2) is 13.4 Å². The Kier molecular flexibility index (Phi) is 4.97. The molecule has 1 atom stereocenters. The number of aromatic amines is 1.